The molecule has 0 aliphatic carbocycles. The first-order valence-electron chi connectivity index (χ1n) is 6.84. The van der Waals surface area contributed by atoms with Gasteiger partial charge in [-0.05, 0) is 30.3 Å². The lowest BCUT2D eigenvalue weighted by Crippen LogP contribution is -2.34. The van der Waals surface area contributed by atoms with Gasteiger partial charge in [-0.2, -0.15) is 13.2 Å². The molecular formula is C16H13F3N2O4. The number of hydrogen-bond donors (Lipinski definition) is 2. The van der Waals surface area contributed by atoms with Crippen LogP contribution in [0, 0.1) is 0 Å². The molecule has 0 aliphatic heterocycles. The summed E-state index contributed by atoms with van der Waals surface area (Å²) in [5, 5.41) is 9.34. The number of hydrogen-bond acceptors (Lipinski definition) is 3. The highest BCUT2D eigenvalue weighted by atomic mass is 19.4. The van der Waals surface area contributed by atoms with Crippen LogP contribution in [0.25, 0.3) is 0 Å². The summed E-state index contributed by atoms with van der Waals surface area (Å²) in [5.41, 5.74) is 2.81. The van der Waals surface area contributed by atoms with E-state index in [4.69, 9.17) is 10.5 Å². The maximum atomic E-state index is 13.3. The molecule has 2 aromatic carbocycles. The molecule has 0 atom stereocenters. The Morgan fingerprint density at radius 1 is 1.12 bits per heavy atom. The molecule has 3 N–H and O–H groups in total. The molecule has 2 rings (SSSR count). The van der Waals surface area contributed by atoms with E-state index in [1.165, 1.54) is 19.2 Å². The molecule has 6 nitrogen and oxygen atoms in total. The first kappa shape index (κ1) is 18.1. The highest BCUT2D eigenvalue weighted by molar-refractivity contribution is 6.06. The van der Waals surface area contributed by atoms with Crippen molar-refractivity contribution in [1.29, 1.82) is 0 Å². The Morgan fingerprint density at radius 2 is 1.76 bits per heavy atom. The van der Waals surface area contributed by atoms with Crippen molar-refractivity contribution in [2.75, 3.05) is 12.0 Å². The maximum absolute atomic E-state index is 13.3. The van der Waals surface area contributed by atoms with E-state index >= 15 is 0 Å². The molecule has 0 aromatic heterocycles. The molecular weight excluding hydrogens is 341 g/mol. The third kappa shape index (κ3) is 3.65. The second-order valence-corrected chi connectivity index (χ2v) is 4.88. The predicted octanol–water partition coefficient (Wildman–Crippen LogP) is 3.63. The second kappa shape index (κ2) is 6.71. The number of methoxy groups -OCH3 is 1. The number of carbonyl (C=O) groups excluding carboxylic acids is 1. The van der Waals surface area contributed by atoms with Crippen molar-refractivity contribution in [3.05, 3.63) is 53.6 Å². The number of alkyl halides is 3. The Labute approximate surface area is 140 Å². The molecule has 9 heteroatoms. The van der Waals surface area contributed by atoms with E-state index in [2.05, 4.69) is 0 Å². The van der Waals surface area contributed by atoms with E-state index in [0.29, 0.717) is 4.90 Å². The number of para-hydroxylation sites is 1. The molecule has 0 radical (unpaired) electrons. The molecule has 0 aliphatic rings. The van der Waals surface area contributed by atoms with E-state index in [1.807, 2.05) is 0 Å². The average molecular weight is 354 g/mol. The molecule has 2 aromatic rings. The molecule has 0 unspecified atom stereocenters. The lowest BCUT2D eigenvalue weighted by Gasteiger charge is -2.25. The van der Waals surface area contributed by atoms with E-state index < -0.39 is 35.0 Å². The number of carboxylic acids is 1. The van der Waals surface area contributed by atoms with Gasteiger partial charge in [0.2, 0.25) is 0 Å². The number of halogens is 3. The van der Waals surface area contributed by atoms with Gasteiger partial charge in [0.05, 0.1) is 29.6 Å². The first-order valence-corrected chi connectivity index (χ1v) is 6.84. The van der Waals surface area contributed by atoms with Crippen LogP contribution in [0.15, 0.2) is 42.5 Å². The molecule has 2 amide bonds. The third-order valence-electron chi connectivity index (χ3n) is 3.35. The molecule has 0 saturated heterocycles. The number of carboxylic acid groups (broad SMARTS) is 1. The smallest absolute Gasteiger partial charge is 0.418 e. The summed E-state index contributed by atoms with van der Waals surface area (Å²) >= 11 is 0. The Bertz CT molecular complexity index is 821. The van der Waals surface area contributed by atoms with Crippen molar-refractivity contribution in [1.82, 2.24) is 0 Å². The SMILES string of the molecule is COc1ccc(N(C(N)=O)c2ccccc2C(F)(F)F)c(C(=O)O)c1. The van der Waals surface area contributed by atoms with Crippen molar-refractivity contribution < 1.29 is 32.6 Å². The summed E-state index contributed by atoms with van der Waals surface area (Å²) in [4.78, 5) is 23.8. The Kier molecular flexibility index (Phi) is 4.87. The zero-order valence-corrected chi connectivity index (χ0v) is 12.9. The van der Waals surface area contributed by atoms with Gasteiger partial charge >= 0.3 is 18.2 Å². The minimum atomic E-state index is -4.76. The minimum Gasteiger partial charge on any atom is -0.497 e. The number of amides is 2. The van der Waals surface area contributed by atoms with Crippen molar-refractivity contribution in [2.24, 2.45) is 5.73 Å². The van der Waals surface area contributed by atoms with Gasteiger partial charge in [0.25, 0.3) is 0 Å². The number of nitrogens with two attached hydrogens (primary N) is 1. The lowest BCUT2D eigenvalue weighted by molar-refractivity contribution is -0.137. The van der Waals surface area contributed by atoms with Gasteiger partial charge in [-0.1, -0.05) is 12.1 Å². The molecule has 132 valence electrons. The molecule has 0 heterocycles. The van der Waals surface area contributed by atoms with Crippen LogP contribution < -0.4 is 15.4 Å². The molecule has 0 fully saturated rings. The van der Waals surface area contributed by atoms with Gasteiger partial charge in [-0.3, -0.25) is 4.90 Å². The number of ether oxygens (including phenoxy) is 1. The number of primary amides is 1. The zero-order chi connectivity index (χ0) is 18.8. The molecule has 0 saturated carbocycles. The van der Waals surface area contributed by atoms with Crippen molar-refractivity contribution in [2.45, 2.75) is 6.18 Å². The van der Waals surface area contributed by atoms with Gasteiger partial charge < -0.3 is 15.6 Å². The van der Waals surface area contributed by atoms with Crippen molar-refractivity contribution in [3.8, 4) is 5.75 Å². The minimum absolute atomic E-state index is 0.162. The van der Waals surface area contributed by atoms with Gasteiger partial charge in [0.1, 0.15) is 5.75 Å². The fraction of sp³-hybridized carbons (Fsp3) is 0.125. The van der Waals surface area contributed by atoms with Crippen LogP contribution in [-0.2, 0) is 6.18 Å². The lowest BCUT2D eigenvalue weighted by atomic mass is 10.1. The van der Waals surface area contributed by atoms with Crippen LogP contribution >= 0.6 is 0 Å². The van der Waals surface area contributed by atoms with Crippen molar-refractivity contribution >= 4 is 23.4 Å². The van der Waals surface area contributed by atoms with Crippen LogP contribution in [-0.4, -0.2) is 24.2 Å². The summed E-state index contributed by atoms with van der Waals surface area (Å²) in [6.07, 6.45) is -4.76. The van der Waals surface area contributed by atoms with Gasteiger partial charge in [0, 0.05) is 0 Å². The van der Waals surface area contributed by atoms with E-state index in [1.54, 1.807) is 0 Å². The maximum Gasteiger partial charge on any atom is 0.418 e. The number of aromatic carboxylic acids is 1. The number of carbonyl (C=O) groups is 2. The number of anilines is 2. The highest BCUT2D eigenvalue weighted by Crippen LogP contribution is 2.40. The number of urea groups is 1. The van der Waals surface area contributed by atoms with E-state index in [0.717, 1.165) is 30.3 Å². The van der Waals surface area contributed by atoms with Crippen LogP contribution in [0.5, 0.6) is 5.75 Å². The van der Waals surface area contributed by atoms with E-state index in [-0.39, 0.29) is 11.4 Å². The fourth-order valence-electron chi connectivity index (χ4n) is 2.28. The molecule has 0 bridgehead atoms. The Morgan fingerprint density at radius 3 is 2.28 bits per heavy atom. The summed E-state index contributed by atoms with van der Waals surface area (Å²) in [6.45, 7) is 0. The summed E-state index contributed by atoms with van der Waals surface area (Å²) < 4.78 is 44.7. The fourth-order valence-corrected chi connectivity index (χ4v) is 2.28. The average Bonchev–Trinajstić information content (AvgIpc) is 2.54. The number of nitrogens with zero attached hydrogens (tertiary/aromatic N) is 1. The van der Waals surface area contributed by atoms with Gasteiger partial charge in [-0.25, -0.2) is 9.59 Å². The van der Waals surface area contributed by atoms with Crippen molar-refractivity contribution in [3.63, 3.8) is 0 Å². The van der Waals surface area contributed by atoms with E-state index in [9.17, 15) is 27.9 Å². The summed E-state index contributed by atoms with van der Waals surface area (Å²) in [7, 11) is 1.30. The quantitative estimate of drug-likeness (QED) is 0.877. The van der Waals surface area contributed by atoms with Gasteiger partial charge in [-0.15, -0.1) is 0 Å². The number of rotatable bonds is 4. The standard InChI is InChI=1S/C16H13F3N2O4/c1-25-9-6-7-12(10(8-9)14(22)23)21(15(20)24)13-5-3-2-4-11(13)16(17,18)19/h2-8H,1H3,(H2,20,24)(H,22,23). The third-order valence-corrected chi connectivity index (χ3v) is 3.35. The first-order chi connectivity index (χ1) is 11.7. The number of benzene rings is 2. The monoisotopic (exact) mass is 354 g/mol. The van der Waals surface area contributed by atoms with Crippen LogP contribution in [0.4, 0.5) is 29.3 Å². The Hall–Kier alpha value is -3.23. The largest absolute Gasteiger partial charge is 0.497 e. The van der Waals surface area contributed by atoms with Crippen LogP contribution in [0.1, 0.15) is 15.9 Å². The summed E-state index contributed by atoms with van der Waals surface area (Å²) in [6, 6.07) is 6.53. The summed E-state index contributed by atoms with van der Waals surface area (Å²) in [5.74, 6) is -1.29. The second-order valence-electron chi connectivity index (χ2n) is 4.88. The van der Waals surface area contributed by atoms with Crippen LogP contribution in [0.2, 0.25) is 0 Å². The van der Waals surface area contributed by atoms with Crippen LogP contribution in [0.3, 0.4) is 0 Å². The van der Waals surface area contributed by atoms with Gasteiger partial charge in [0.15, 0.2) is 0 Å². The molecule has 0 spiro atoms. The molecule has 25 heavy (non-hydrogen) atoms. The normalized spacial score (nSPS) is 11.0. The zero-order valence-electron chi connectivity index (χ0n) is 12.9. The topological polar surface area (TPSA) is 92.9 Å². The Balaban J connectivity index is 2.74. The highest BCUT2D eigenvalue weighted by Gasteiger charge is 2.36. The predicted molar refractivity (Wildman–Crippen MR) is 83.1 cm³/mol.